The molecule has 0 radical (unpaired) electrons. The lowest BCUT2D eigenvalue weighted by atomic mass is 9.85. The summed E-state index contributed by atoms with van der Waals surface area (Å²) in [6, 6.07) is 12.9. The molecule has 32 heavy (non-hydrogen) atoms. The van der Waals surface area contributed by atoms with Gasteiger partial charge < -0.3 is 14.7 Å². The molecule has 0 spiro atoms. The van der Waals surface area contributed by atoms with E-state index in [9.17, 15) is 14.7 Å². The first-order valence-corrected chi connectivity index (χ1v) is 11.4. The van der Waals surface area contributed by atoms with E-state index in [2.05, 4.69) is 27.7 Å². The highest BCUT2D eigenvalue weighted by Gasteiger charge is 2.45. The SMILES string of the molecule is CCCCN1C(=O)C(=O)/C(=C(\O)c2ccc3c(c2)CCO3)C1c1ccc(C(C)(C)C)cc1. The number of Topliss-reactive ketones (excluding diaryl/α,β-unsaturated/α-hetero) is 1. The molecule has 2 aliphatic heterocycles. The van der Waals surface area contributed by atoms with Gasteiger partial charge in [-0.2, -0.15) is 0 Å². The zero-order valence-electron chi connectivity index (χ0n) is 19.3. The molecule has 1 unspecified atom stereocenters. The number of fused-ring (bicyclic) bond motifs is 1. The van der Waals surface area contributed by atoms with E-state index in [0.29, 0.717) is 18.7 Å². The number of rotatable bonds is 5. The van der Waals surface area contributed by atoms with Gasteiger partial charge in [0.25, 0.3) is 11.7 Å². The average Bonchev–Trinajstić information content (AvgIpc) is 3.33. The van der Waals surface area contributed by atoms with Crippen LogP contribution < -0.4 is 4.74 Å². The lowest BCUT2D eigenvalue weighted by molar-refractivity contribution is -0.139. The van der Waals surface area contributed by atoms with Crippen LogP contribution in [-0.2, 0) is 21.4 Å². The number of nitrogens with zero attached hydrogens (tertiary/aromatic N) is 1. The summed E-state index contributed by atoms with van der Waals surface area (Å²) in [6.45, 7) is 9.58. The molecule has 0 bridgehead atoms. The molecule has 5 heteroatoms. The predicted molar refractivity (Wildman–Crippen MR) is 125 cm³/mol. The Hall–Kier alpha value is -3.08. The molecule has 168 valence electrons. The van der Waals surface area contributed by atoms with Crippen molar-refractivity contribution in [3.05, 3.63) is 70.3 Å². The van der Waals surface area contributed by atoms with Crippen LogP contribution >= 0.6 is 0 Å². The number of aliphatic hydroxyl groups is 1. The number of amides is 1. The number of carbonyl (C=O) groups excluding carboxylic acids is 2. The summed E-state index contributed by atoms with van der Waals surface area (Å²) in [5.41, 5.74) is 3.70. The molecular formula is C27H31NO4. The second kappa shape index (κ2) is 8.45. The van der Waals surface area contributed by atoms with E-state index in [1.165, 1.54) is 5.56 Å². The summed E-state index contributed by atoms with van der Waals surface area (Å²) in [5.74, 6) is -0.490. The fourth-order valence-corrected chi connectivity index (χ4v) is 4.44. The van der Waals surface area contributed by atoms with Gasteiger partial charge in [-0.1, -0.05) is 58.4 Å². The molecule has 2 aliphatic rings. The maximum Gasteiger partial charge on any atom is 0.295 e. The minimum atomic E-state index is -0.625. The highest BCUT2D eigenvalue weighted by atomic mass is 16.5. The fourth-order valence-electron chi connectivity index (χ4n) is 4.44. The molecule has 0 aromatic heterocycles. The number of hydrogen-bond acceptors (Lipinski definition) is 4. The van der Waals surface area contributed by atoms with Gasteiger partial charge in [0.1, 0.15) is 11.5 Å². The van der Waals surface area contributed by atoms with Crippen molar-refractivity contribution in [2.45, 2.75) is 58.4 Å². The summed E-state index contributed by atoms with van der Waals surface area (Å²) in [7, 11) is 0. The number of likely N-dealkylation sites (tertiary alicyclic amines) is 1. The third-order valence-corrected chi connectivity index (χ3v) is 6.35. The van der Waals surface area contributed by atoms with Crippen molar-refractivity contribution in [2.75, 3.05) is 13.2 Å². The van der Waals surface area contributed by atoms with Crippen LogP contribution in [0.3, 0.4) is 0 Å². The van der Waals surface area contributed by atoms with Crippen molar-refractivity contribution in [1.82, 2.24) is 4.90 Å². The van der Waals surface area contributed by atoms with Crippen LogP contribution in [0.1, 0.15) is 68.8 Å². The second-order valence-corrected chi connectivity index (χ2v) is 9.64. The summed E-state index contributed by atoms with van der Waals surface area (Å²) < 4.78 is 5.56. The first kappa shape index (κ1) is 22.1. The monoisotopic (exact) mass is 433 g/mol. The molecule has 2 heterocycles. The zero-order chi connectivity index (χ0) is 23.0. The largest absolute Gasteiger partial charge is 0.507 e. The van der Waals surface area contributed by atoms with Gasteiger partial charge in [0.05, 0.1) is 18.2 Å². The lowest BCUT2D eigenvalue weighted by Gasteiger charge is -2.26. The van der Waals surface area contributed by atoms with Crippen LogP contribution in [0.2, 0.25) is 0 Å². The standard InChI is InChI=1S/C27H31NO4/c1-5-6-14-28-23(17-7-10-20(11-8-17)27(2,3)4)22(25(30)26(28)31)24(29)19-9-12-21-18(16-19)13-15-32-21/h7-12,16,23,29H,5-6,13-15H2,1-4H3/b24-22-. The van der Waals surface area contributed by atoms with E-state index in [1.54, 1.807) is 11.0 Å². The van der Waals surface area contributed by atoms with Crippen molar-refractivity contribution >= 4 is 17.4 Å². The zero-order valence-corrected chi connectivity index (χ0v) is 19.3. The van der Waals surface area contributed by atoms with E-state index in [1.807, 2.05) is 36.4 Å². The maximum absolute atomic E-state index is 13.1. The molecule has 5 nitrogen and oxygen atoms in total. The Morgan fingerprint density at radius 3 is 2.50 bits per heavy atom. The minimum absolute atomic E-state index is 0.00492. The molecular weight excluding hydrogens is 402 g/mol. The summed E-state index contributed by atoms with van der Waals surface area (Å²) in [5, 5.41) is 11.2. The highest BCUT2D eigenvalue weighted by Crippen LogP contribution is 2.41. The van der Waals surface area contributed by atoms with E-state index in [4.69, 9.17) is 4.74 Å². The Morgan fingerprint density at radius 1 is 1.12 bits per heavy atom. The Bertz CT molecular complexity index is 1080. The lowest BCUT2D eigenvalue weighted by Crippen LogP contribution is -2.30. The molecule has 0 aliphatic carbocycles. The Labute approximate surface area is 189 Å². The summed E-state index contributed by atoms with van der Waals surface area (Å²) in [6.07, 6.45) is 2.46. The Kier molecular flexibility index (Phi) is 5.85. The molecule has 1 N–H and O–H groups in total. The smallest absolute Gasteiger partial charge is 0.295 e. The number of ether oxygens (including phenoxy) is 1. The Morgan fingerprint density at radius 2 is 1.84 bits per heavy atom. The highest BCUT2D eigenvalue weighted by molar-refractivity contribution is 6.46. The van der Waals surface area contributed by atoms with Crippen LogP contribution in [0.5, 0.6) is 5.75 Å². The van der Waals surface area contributed by atoms with Gasteiger partial charge in [-0.05, 0) is 46.7 Å². The minimum Gasteiger partial charge on any atom is -0.507 e. The number of benzene rings is 2. The van der Waals surface area contributed by atoms with Crippen molar-refractivity contribution in [3.63, 3.8) is 0 Å². The van der Waals surface area contributed by atoms with Crippen molar-refractivity contribution in [3.8, 4) is 5.75 Å². The molecule has 2 aromatic rings. The van der Waals surface area contributed by atoms with Crippen LogP contribution in [-0.4, -0.2) is 34.8 Å². The molecule has 1 saturated heterocycles. The van der Waals surface area contributed by atoms with E-state index < -0.39 is 17.7 Å². The van der Waals surface area contributed by atoms with E-state index in [0.717, 1.165) is 36.1 Å². The Balaban J connectivity index is 1.82. The third-order valence-electron chi connectivity index (χ3n) is 6.35. The number of aliphatic hydroxyl groups excluding tert-OH is 1. The first-order chi connectivity index (χ1) is 15.2. The van der Waals surface area contributed by atoms with Crippen LogP contribution in [0.15, 0.2) is 48.0 Å². The van der Waals surface area contributed by atoms with Gasteiger partial charge in [-0.3, -0.25) is 9.59 Å². The fraction of sp³-hybridized carbons (Fsp3) is 0.407. The molecule has 2 aromatic carbocycles. The number of ketones is 1. The van der Waals surface area contributed by atoms with Crippen molar-refractivity contribution in [1.29, 1.82) is 0 Å². The van der Waals surface area contributed by atoms with Crippen LogP contribution in [0, 0.1) is 0 Å². The van der Waals surface area contributed by atoms with Gasteiger partial charge in [-0.25, -0.2) is 0 Å². The molecule has 1 atom stereocenters. The summed E-state index contributed by atoms with van der Waals surface area (Å²) >= 11 is 0. The summed E-state index contributed by atoms with van der Waals surface area (Å²) in [4.78, 5) is 27.7. The third kappa shape index (κ3) is 3.92. The maximum atomic E-state index is 13.1. The number of carbonyl (C=O) groups is 2. The van der Waals surface area contributed by atoms with Crippen molar-refractivity contribution < 1.29 is 19.4 Å². The van der Waals surface area contributed by atoms with Gasteiger partial charge in [0.2, 0.25) is 0 Å². The molecule has 4 rings (SSSR count). The quantitative estimate of drug-likeness (QED) is 0.403. The second-order valence-electron chi connectivity index (χ2n) is 9.64. The molecule has 0 saturated carbocycles. The number of hydrogen-bond donors (Lipinski definition) is 1. The average molecular weight is 434 g/mol. The molecule has 1 fully saturated rings. The van der Waals surface area contributed by atoms with Crippen molar-refractivity contribution in [2.24, 2.45) is 0 Å². The normalized spacial score (nSPS) is 19.9. The topological polar surface area (TPSA) is 66.8 Å². The van der Waals surface area contributed by atoms with Gasteiger partial charge >= 0.3 is 0 Å². The first-order valence-electron chi connectivity index (χ1n) is 11.4. The van der Waals surface area contributed by atoms with E-state index >= 15 is 0 Å². The van der Waals surface area contributed by atoms with Gasteiger partial charge in [0, 0.05) is 18.5 Å². The van der Waals surface area contributed by atoms with Gasteiger partial charge in [0.15, 0.2) is 0 Å². The van der Waals surface area contributed by atoms with Gasteiger partial charge in [-0.15, -0.1) is 0 Å². The predicted octanol–water partition coefficient (Wildman–Crippen LogP) is 5.14. The van der Waals surface area contributed by atoms with Crippen LogP contribution in [0.25, 0.3) is 5.76 Å². The van der Waals surface area contributed by atoms with E-state index in [-0.39, 0.29) is 16.7 Å². The van der Waals surface area contributed by atoms with Crippen LogP contribution in [0.4, 0.5) is 0 Å². The molecule has 1 amide bonds. The number of unbranched alkanes of at least 4 members (excludes halogenated alkanes) is 1.